The van der Waals surface area contributed by atoms with Gasteiger partial charge in [0.15, 0.2) is 11.9 Å². The van der Waals surface area contributed by atoms with Crippen molar-refractivity contribution in [1.29, 1.82) is 0 Å². The highest BCUT2D eigenvalue weighted by Gasteiger charge is 2.62. The molecular weight excluding hydrogens is 356 g/mol. The van der Waals surface area contributed by atoms with E-state index in [4.69, 9.17) is 9.47 Å². The molecule has 7 atom stereocenters. The molecule has 4 rings (SSSR count). The third kappa shape index (κ3) is 2.93. The molecule has 5 nitrogen and oxygen atoms in total. The maximum absolute atomic E-state index is 13.0. The zero-order valence-corrected chi connectivity index (χ0v) is 17.5. The topological polar surface area (TPSA) is 69.7 Å². The van der Waals surface area contributed by atoms with Gasteiger partial charge in [0.25, 0.3) is 0 Å². The standard InChI is InChI=1S/C23H32O5/c1-13(24)27-16-7-9-22(3)15(11-16)5-6-17-18(22)8-10-23(4)19(17)12-20(21(23)26)28-14(2)25/h5,16-20H,6-12H2,1-4H3/t16-,17?,18?,19?,20+,22-,23?/m0/s1. The van der Waals surface area contributed by atoms with Gasteiger partial charge in [-0.15, -0.1) is 0 Å². The largest absolute Gasteiger partial charge is 0.462 e. The van der Waals surface area contributed by atoms with Crippen molar-refractivity contribution in [3.05, 3.63) is 11.6 Å². The zero-order valence-electron chi connectivity index (χ0n) is 17.5. The van der Waals surface area contributed by atoms with Crippen molar-refractivity contribution in [3.63, 3.8) is 0 Å². The summed E-state index contributed by atoms with van der Waals surface area (Å²) in [6.07, 6.45) is 8.16. The first-order valence-corrected chi connectivity index (χ1v) is 10.7. The number of Topliss-reactive ketones (excluding diaryl/α,β-unsaturated/α-hetero) is 1. The predicted octanol–water partition coefficient (Wildman–Crippen LogP) is 3.99. The maximum atomic E-state index is 13.0. The molecule has 4 aliphatic carbocycles. The molecule has 0 saturated heterocycles. The molecule has 0 radical (unpaired) electrons. The first-order valence-electron chi connectivity index (χ1n) is 10.7. The fraction of sp³-hybridized carbons (Fsp3) is 0.783. The Hall–Kier alpha value is -1.65. The van der Waals surface area contributed by atoms with Crippen molar-refractivity contribution in [1.82, 2.24) is 0 Å². The molecule has 0 spiro atoms. The molecule has 3 saturated carbocycles. The van der Waals surface area contributed by atoms with Gasteiger partial charge in [-0.1, -0.05) is 25.5 Å². The number of ether oxygens (including phenoxy) is 2. The van der Waals surface area contributed by atoms with E-state index in [1.807, 2.05) is 0 Å². The van der Waals surface area contributed by atoms with Gasteiger partial charge in [0.05, 0.1) is 0 Å². The molecule has 5 heteroatoms. The minimum absolute atomic E-state index is 0.00337. The molecule has 0 aromatic carbocycles. The molecule has 0 amide bonds. The van der Waals surface area contributed by atoms with Gasteiger partial charge in [0.1, 0.15) is 6.10 Å². The van der Waals surface area contributed by atoms with Crippen LogP contribution < -0.4 is 0 Å². The monoisotopic (exact) mass is 388 g/mol. The van der Waals surface area contributed by atoms with Gasteiger partial charge in [-0.05, 0) is 61.7 Å². The van der Waals surface area contributed by atoms with Crippen LogP contribution in [0.1, 0.15) is 72.6 Å². The highest BCUT2D eigenvalue weighted by Crippen LogP contribution is 2.64. The van der Waals surface area contributed by atoms with Gasteiger partial charge >= 0.3 is 11.9 Å². The number of fused-ring (bicyclic) bond motifs is 5. The average Bonchev–Trinajstić information content (AvgIpc) is 2.86. The number of ketones is 1. The number of rotatable bonds is 2. The predicted molar refractivity (Wildman–Crippen MR) is 103 cm³/mol. The molecule has 3 fully saturated rings. The van der Waals surface area contributed by atoms with Crippen LogP contribution in [0.15, 0.2) is 11.6 Å². The lowest BCUT2D eigenvalue weighted by atomic mass is 9.48. The lowest BCUT2D eigenvalue weighted by Crippen LogP contribution is -2.50. The molecule has 4 unspecified atom stereocenters. The van der Waals surface area contributed by atoms with Crippen molar-refractivity contribution < 1.29 is 23.9 Å². The Balaban J connectivity index is 1.58. The maximum Gasteiger partial charge on any atom is 0.303 e. The molecular formula is C23H32O5. The smallest absolute Gasteiger partial charge is 0.303 e. The summed E-state index contributed by atoms with van der Waals surface area (Å²) in [7, 11) is 0. The Morgan fingerprint density at radius 3 is 2.36 bits per heavy atom. The van der Waals surface area contributed by atoms with Crippen molar-refractivity contribution in [3.8, 4) is 0 Å². The minimum atomic E-state index is -0.566. The molecule has 154 valence electrons. The normalized spacial score (nSPS) is 44.6. The summed E-state index contributed by atoms with van der Waals surface area (Å²) in [6.45, 7) is 7.35. The van der Waals surface area contributed by atoms with Crippen LogP contribution in [0.25, 0.3) is 0 Å². The van der Waals surface area contributed by atoms with E-state index in [2.05, 4.69) is 19.9 Å². The van der Waals surface area contributed by atoms with Gasteiger partial charge < -0.3 is 9.47 Å². The second-order valence-corrected chi connectivity index (χ2v) is 9.89. The van der Waals surface area contributed by atoms with Crippen LogP contribution in [-0.2, 0) is 23.9 Å². The zero-order chi connectivity index (χ0) is 20.3. The number of carbonyl (C=O) groups excluding carboxylic acids is 3. The van der Waals surface area contributed by atoms with Crippen molar-refractivity contribution >= 4 is 17.7 Å². The lowest BCUT2D eigenvalue weighted by molar-refractivity contribution is -0.153. The first kappa shape index (κ1) is 19.7. The summed E-state index contributed by atoms with van der Waals surface area (Å²) in [5.74, 6) is 0.861. The summed E-state index contributed by atoms with van der Waals surface area (Å²) in [5.41, 5.74) is 1.21. The molecule has 4 aliphatic rings. The molecule has 0 N–H and O–H groups in total. The van der Waals surface area contributed by atoms with Gasteiger partial charge in [-0.3, -0.25) is 14.4 Å². The van der Waals surface area contributed by atoms with E-state index in [9.17, 15) is 14.4 Å². The van der Waals surface area contributed by atoms with Crippen molar-refractivity contribution in [2.75, 3.05) is 0 Å². The molecule has 0 aromatic heterocycles. The molecule has 0 bridgehead atoms. The third-order valence-corrected chi connectivity index (χ3v) is 8.41. The number of hydrogen-bond acceptors (Lipinski definition) is 5. The minimum Gasteiger partial charge on any atom is -0.462 e. The second kappa shape index (κ2) is 6.70. The van der Waals surface area contributed by atoms with Crippen LogP contribution in [0.5, 0.6) is 0 Å². The van der Waals surface area contributed by atoms with E-state index in [1.54, 1.807) is 0 Å². The number of allylic oxidation sites excluding steroid dienone is 1. The first-order chi connectivity index (χ1) is 13.1. The second-order valence-electron chi connectivity index (χ2n) is 9.89. The van der Waals surface area contributed by atoms with Crippen LogP contribution >= 0.6 is 0 Å². The van der Waals surface area contributed by atoms with E-state index < -0.39 is 6.10 Å². The fourth-order valence-corrected chi connectivity index (χ4v) is 7.03. The van der Waals surface area contributed by atoms with Crippen LogP contribution in [0.4, 0.5) is 0 Å². The van der Waals surface area contributed by atoms with Crippen LogP contribution in [-0.4, -0.2) is 29.9 Å². The van der Waals surface area contributed by atoms with Gasteiger partial charge in [0.2, 0.25) is 0 Å². The van der Waals surface area contributed by atoms with E-state index in [1.165, 1.54) is 19.4 Å². The van der Waals surface area contributed by atoms with Crippen LogP contribution in [0.3, 0.4) is 0 Å². The van der Waals surface area contributed by atoms with Gasteiger partial charge in [-0.2, -0.15) is 0 Å². The summed E-state index contributed by atoms with van der Waals surface area (Å²) >= 11 is 0. The molecule has 28 heavy (non-hydrogen) atoms. The molecule has 0 aliphatic heterocycles. The highest BCUT2D eigenvalue weighted by molar-refractivity contribution is 5.92. The number of esters is 2. The highest BCUT2D eigenvalue weighted by atomic mass is 16.5. The third-order valence-electron chi connectivity index (χ3n) is 8.41. The molecule has 0 heterocycles. The SMILES string of the molecule is CC(=O)O[C@H]1CC[C@@]2(C)C(=CCC3C4C[C@@H](OC(C)=O)C(=O)C4(C)CCC32)C1. The Bertz CT molecular complexity index is 739. The van der Waals surface area contributed by atoms with Crippen LogP contribution in [0.2, 0.25) is 0 Å². The number of carbonyl (C=O) groups is 3. The summed E-state index contributed by atoms with van der Waals surface area (Å²) in [6, 6.07) is 0. The Morgan fingerprint density at radius 1 is 1.00 bits per heavy atom. The van der Waals surface area contributed by atoms with Gasteiger partial charge in [-0.25, -0.2) is 0 Å². The Kier molecular flexibility index (Phi) is 4.71. The van der Waals surface area contributed by atoms with Gasteiger partial charge in [0, 0.05) is 25.7 Å². The van der Waals surface area contributed by atoms with Crippen molar-refractivity contribution in [2.45, 2.75) is 84.8 Å². The summed E-state index contributed by atoms with van der Waals surface area (Å²) in [4.78, 5) is 35.9. The van der Waals surface area contributed by atoms with Crippen molar-refractivity contribution in [2.24, 2.45) is 28.6 Å². The van der Waals surface area contributed by atoms with E-state index in [0.29, 0.717) is 18.3 Å². The quantitative estimate of drug-likeness (QED) is 0.528. The Labute approximate surface area is 167 Å². The summed E-state index contributed by atoms with van der Waals surface area (Å²) in [5, 5.41) is 0. The average molecular weight is 389 g/mol. The van der Waals surface area contributed by atoms with E-state index in [0.717, 1.165) is 38.5 Å². The molecule has 0 aromatic rings. The fourth-order valence-electron chi connectivity index (χ4n) is 7.03. The number of hydrogen-bond donors (Lipinski definition) is 0. The Morgan fingerprint density at radius 2 is 1.68 bits per heavy atom. The van der Waals surface area contributed by atoms with E-state index >= 15 is 0 Å². The van der Waals surface area contributed by atoms with Crippen LogP contribution in [0, 0.1) is 28.6 Å². The lowest BCUT2D eigenvalue weighted by Gasteiger charge is -2.56. The van der Waals surface area contributed by atoms with E-state index in [-0.39, 0.29) is 40.6 Å². The summed E-state index contributed by atoms with van der Waals surface area (Å²) < 4.78 is 10.9.